The Morgan fingerprint density at radius 2 is 2.03 bits per heavy atom. The Morgan fingerprint density at radius 3 is 2.84 bits per heavy atom. The molecule has 0 radical (unpaired) electrons. The van der Waals surface area contributed by atoms with Crippen molar-refractivity contribution in [2.24, 2.45) is 23.2 Å². The van der Waals surface area contributed by atoms with Crippen LogP contribution in [-0.2, 0) is 28.9 Å². The van der Waals surface area contributed by atoms with Gasteiger partial charge in [0.1, 0.15) is 11.5 Å². The van der Waals surface area contributed by atoms with Crippen LogP contribution >= 0.6 is 0 Å². The van der Waals surface area contributed by atoms with E-state index in [4.69, 9.17) is 0 Å². The maximum Gasteiger partial charge on any atom is 0.271 e. The lowest BCUT2D eigenvalue weighted by Gasteiger charge is -2.49. The summed E-state index contributed by atoms with van der Waals surface area (Å²) in [5.74, 6) is -0.377. The van der Waals surface area contributed by atoms with Gasteiger partial charge in [0.15, 0.2) is 5.78 Å². The quantitative estimate of drug-likeness (QED) is 0.367. The molecular formula is C31H35FN2O4. The summed E-state index contributed by atoms with van der Waals surface area (Å²) >= 11 is 0. The van der Waals surface area contributed by atoms with Crippen LogP contribution in [0.2, 0.25) is 0 Å². The molecule has 0 aliphatic heterocycles. The second-order valence-electron chi connectivity index (χ2n) is 11.9. The van der Waals surface area contributed by atoms with E-state index < -0.39 is 5.41 Å². The van der Waals surface area contributed by atoms with Crippen LogP contribution in [0.15, 0.2) is 40.9 Å². The second kappa shape index (κ2) is 9.51. The third kappa shape index (κ3) is 3.93. The van der Waals surface area contributed by atoms with Gasteiger partial charge in [-0.05, 0) is 110 Å². The number of aliphatic hydroxyl groups is 1. The Morgan fingerprint density at radius 1 is 1.21 bits per heavy atom. The first kappa shape index (κ1) is 25.1. The molecule has 200 valence electrons. The van der Waals surface area contributed by atoms with E-state index in [0.717, 1.165) is 67.2 Å². The van der Waals surface area contributed by atoms with Crippen molar-refractivity contribution >= 4 is 17.4 Å². The first-order chi connectivity index (χ1) is 18.3. The highest BCUT2D eigenvalue weighted by Gasteiger charge is 2.60. The number of benzene rings is 1. The van der Waals surface area contributed by atoms with Crippen LogP contribution in [0.5, 0.6) is 0 Å². The summed E-state index contributed by atoms with van der Waals surface area (Å²) < 4.78 is 14.6. The second-order valence-corrected chi connectivity index (χ2v) is 11.9. The summed E-state index contributed by atoms with van der Waals surface area (Å²) in [7, 11) is 0. The van der Waals surface area contributed by atoms with E-state index in [1.807, 2.05) is 13.0 Å². The fourth-order valence-corrected chi connectivity index (χ4v) is 8.28. The van der Waals surface area contributed by atoms with Gasteiger partial charge in [0.05, 0.1) is 6.26 Å². The molecule has 2 fully saturated rings. The summed E-state index contributed by atoms with van der Waals surface area (Å²) in [5, 5.41) is 12.9. The van der Waals surface area contributed by atoms with Crippen molar-refractivity contribution in [2.45, 2.75) is 77.0 Å². The number of aliphatic hydroxyl groups excluding tert-OH is 1. The highest BCUT2D eigenvalue weighted by atomic mass is 19.1. The molecule has 2 saturated carbocycles. The predicted molar refractivity (Wildman–Crippen MR) is 143 cm³/mol. The number of nitrogens with one attached hydrogen (secondary N) is 2. The van der Waals surface area contributed by atoms with E-state index in [-0.39, 0.29) is 58.8 Å². The number of aromatic nitrogens is 1. The average molecular weight is 519 g/mol. The molecule has 38 heavy (non-hydrogen) atoms. The highest BCUT2D eigenvalue weighted by Crippen LogP contribution is 2.63. The van der Waals surface area contributed by atoms with E-state index >= 15 is 0 Å². The number of rotatable bonds is 4. The van der Waals surface area contributed by atoms with Crippen LogP contribution in [0, 0.1) is 29.0 Å². The van der Waals surface area contributed by atoms with Gasteiger partial charge in [0.2, 0.25) is 5.91 Å². The SMILES string of the molecule is C[C@]12CCC3c4cccc(F)c4CCC3C1[C@H](CCC(=O)Nc1cc3c([nH]c1=O)CCCC3)/C(=C/O)C2=O. The maximum absolute atomic E-state index is 14.6. The predicted octanol–water partition coefficient (Wildman–Crippen LogP) is 5.51. The van der Waals surface area contributed by atoms with Gasteiger partial charge in [0.25, 0.3) is 5.56 Å². The number of carbonyl (C=O) groups is 2. The summed E-state index contributed by atoms with van der Waals surface area (Å²) in [6, 6.07) is 7.11. The molecule has 1 aromatic carbocycles. The van der Waals surface area contributed by atoms with Crippen LogP contribution in [0.4, 0.5) is 10.1 Å². The number of pyridine rings is 1. The van der Waals surface area contributed by atoms with Crippen LogP contribution in [0.1, 0.15) is 80.2 Å². The van der Waals surface area contributed by atoms with Crippen LogP contribution < -0.4 is 10.9 Å². The number of H-pyrrole nitrogens is 1. The van der Waals surface area contributed by atoms with Crippen molar-refractivity contribution in [1.29, 1.82) is 0 Å². The third-order valence-electron chi connectivity index (χ3n) is 10.0. The molecule has 4 aliphatic carbocycles. The number of aryl methyl sites for hydroxylation is 2. The number of halogens is 1. The molecule has 0 saturated heterocycles. The van der Waals surface area contributed by atoms with Gasteiger partial charge in [-0.15, -0.1) is 0 Å². The fraction of sp³-hybridized carbons (Fsp3) is 0.516. The zero-order valence-electron chi connectivity index (χ0n) is 21.8. The van der Waals surface area contributed by atoms with Gasteiger partial charge in [-0.25, -0.2) is 4.39 Å². The van der Waals surface area contributed by atoms with Gasteiger partial charge in [-0.1, -0.05) is 19.1 Å². The van der Waals surface area contributed by atoms with Gasteiger partial charge in [0, 0.05) is 23.1 Å². The number of carbonyl (C=O) groups excluding carboxylic acids is 2. The largest absolute Gasteiger partial charge is 0.515 e. The first-order valence-electron chi connectivity index (χ1n) is 14.0. The van der Waals surface area contributed by atoms with Crippen molar-refractivity contribution in [2.75, 3.05) is 5.32 Å². The molecule has 2 aromatic rings. The topological polar surface area (TPSA) is 99.3 Å². The Labute approximate surface area is 221 Å². The number of hydrogen-bond acceptors (Lipinski definition) is 4. The lowest BCUT2D eigenvalue weighted by Crippen LogP contribution is -2.44. The molecule has 0 spiro atoms. The van der Waals surface area contributed by atoms with E-state index in [1.54, 1.807) is 12.1 Å². The van der Waals surface area contributed by atoms with Crippen molar-refractivity contribution in [3.63, 3.8) is 0 Å². The molecule has 0 bridgehead atoms. The van der Waals surface area contributed by atoms with Gasteiger partial charge in [-0.2, -0.15) is 0 Å². The van der Waals surface area contributed by atoms with E-state index in [9.17, 15) is 23.9 Å². The van der Waals surface area contributed by atoms with Crippen LogP contribution in [0.3, 0.4) is 0 Å². The average Bonchev–Trinajstić information content (AvgIpc) is 3.13. The first-order valence-corrected chi connectivity index (χ1v) is 14.0. The van der Waals surface area contributed by atoms with E-state index in [0.29, 0.717) is 24.8 Å². The number of aromatic amines is 1. The number of hydrogen-bond donors (Lipinski definition) is 3. The minimum Gasteiger partial charge on any atom is -0.515 e. The molecule has 6 rings (SSSR count). The maximum atomic E-state index is 14.6. The number of fused-ring (bicyclic) bond motifs is 6. The molecule has 7 heteroatoms. The lowest BCUT2D eigenvalue weighted by atomic mass is 9.54. The minimum atomic E-state index is -0.600. The molecule has 4 aliphatic rings. The third-order valence-corrected chi connectivity index (χ3v) is 10.0. The van der Waals surface area contributed by atoms with Gasteiger partial charge >= 0.3 is 0 Å². The van der Waals surface area contributed by atoms with Gasteiger partial charge in [-0.3, -0.25) is 14.4 Å². The molecular weight excluding hydrogens is 483 g/mol. The molecule has 1 amide bonds. The molecule has 3 N–H and O–H groups in total. The smallest absolute Gasteiger partial charge is 0.271 e. The standard InChI is InChI=1S/C31H35FN2O4/c1-31-14-13-19-18-6-4-7-24(32)20(18)9-10-21(19)28(31)22(23(16-35)29(31)37)11-12-27(36)33-26-15-17-5-2-3-8-25(17)34-30(26)38/h4,6-7,15-16,19,21-22,28,35H,2-3,5,8-14H2,1H3,(H,33,36)(H,34,38)/b23-16-/t19?,21?,22-,28?,31+/m1/s1. The lowest BCUT2D eigenvalue weighted by molar-refractivity contribution is -0.127. The minimum absolute atomic E-state index is 0.0231. The van der Waals surface area contributed by atoms with Crippen molar-refractivity contribution in [3.05, 3.63) is 74.7 Å². The van der Waals surface area contributed by atoms with E-state index in [2.05, 4.69) is 10.3 Å². The summed E-state index contributed by atoms with van der Waals surface area (Å²) in [5.41, 5.74) is 3.68. The molecule has 6 nitrogen and oxygen atoms in total. The number of ketones is 1. The molecule has 5 atom stereocenters. The normalized spacial score (nSPS) is 30.8. The monoisotopic (exact) mass is 518 g/mol. The summed E-state index contributed by atoms with van der Waals surface area (Å²) in [4.78, 5) is 42.1. The van der Waals surface area contributed by atoms with Gasteiger partial charge < -0.3 is 15.4 Å². The van der Waals surface area contributed by atoms with Crippen molar-refractivity contribution < 1.29 is 19.1 Å². The van der Waals surface area contributed by atoms with E-state index in [1.165, 1.54) is 6.07 Å². The molecule has 3 unspecified atom stereocenters. The molecule has 1 aromatic heterocycles. The fourth-order valence-electron chi connectivity index (χ4n) is 8.28. The number of anilines is 1. The van der Waals surface area contributed by atoms with Crippen LogP contribution in [-0.4, -0.2) is 21.8 Å². The zero-order chi connectivity index (χ0) is 26.6. The van der Waals surface area contributed by atoms with Crippen LogP contribution in [0.25, 0.3) is 0 Å². The Bertz CT molecular complexity index is 1390. The number of amides is 1. The summed E-state index contributed by atoms with van der Waals surface area (Å²) in [6.07, 6.45) is 8.28. The summed E-state index contributed by atoms with van der Waals surface area (Å²) in [6.45, 7) is 2.01. The Hall–Kier alpha value is -3.22. The van der Waals surface area contributed by atoms with Crippen molar-refractivity contribution in [3.8, 4) is 0 Å². The number of Topliss-reactive ketones (excluding diaryl/α,β-unsaturated/α-hetero) is 1. The zero-order valence-corrected chi connectivity index (χ0v) is 21.8. The van der Waals surface area contributed by atoms with Crippen molar-refractivity contribution in [1.82, 2.24) is 4.98 Å². The number of allylic oxidation sites excluding steroid dienone is 1. The highest BCUT2D eigenvalue weighted by molar-refractivity contribution is 6.03. The Kier molecular flexibility index (Phi) is 6.28. The molecule has 1 heterocycles. The Balaban J connectivity index is 1.23.